The number of aromatic nitrogens is 3. The monoisotopic (exact) mass is 246 g/mol. The van der Waals surface area contributed by atoms with E-state index in [9.17, 15) is 0 Å². The SMILES string of the molecule is CNC(C)c1ccn(Cc2cncn2C(C)C)c1. The van der Waals surface area contributed by atoms with E-state index in [1.807, 2.05) is 19.6 Å². The van der Waals surface area contributed by atoms with Gasteiger partial charge in [0.05, 0.1) is 18.6 Å². The Morgan fingerprint density at radius 2 is 2.11 bits per heavy atom. The Morgan fingerprint density at radius 3 is 2.78 bits per heavy atom. The van der Waals surface area contributed by atoms with Crippen LogP contribution in [0.5, 0.6) is 0 Å². The zero-order chi connectivity index (χ0) is 13.1. The van der Waals surface area contributed by atoms with Crippen molar-refractivity contribution in [2.75, 3.05) is 7.05 Å². The number of nitrogens with zero attached hydrogens (tertiary/aromatic N) is 3. The molecule has 0 fully saturated rings. The summed E-state index contributed by atoms with van der Waals surface area (Å²) in [4.78, 5) is 4.23. The first-order valence-electron chi connectivity index (χ1n) is 6.45. The van der Waals surface area contributed by atoms with Crippen molar-refractivity contribution in [2.45, 2.75) is 39.4 Å². The van der Waals surface area contributed by atoms with Gasteiger partial charge in [0.15, 0.2) is 0 Å². The van der Waals surface area contributed by atoms with E-state index < -0.39 is 0 Å². The van der Waals surface area contributed by atoms with Crippen LogP contribution >= 0.6 is 0 Å². The smallest absolute Gasteiger partial charge is 0.0951 e. The van der Waals surface area contributed by atoms with Gasteiger partial charge in [-0.15, -0.1) is 0 Å². The first-order chi connectivity index (χ1) is 8.61. The van der Waals surface area contributed by atoms with Crippen molar-refractivity contribution >= 4 is 0 Å². The van der Waals surface area contributed by atoms with Crippen LogP contribution in [0.4, 0.5) is 0 Å². The van der Waals surface area contributed by atoms with Gasteiger partial charge >= 0.3 is 0 Å². The van der Waals surface area contributed by atoms with Gasteiger partial charge in [0.1, 0.15) is 0 Å². The molecule has 2 aromatic heterocycles. The second-order valence-electron chi connectivity index (χ2n) is 5.01. The number of rotatable bonds is 5. The fourth-order valence-corrected chi connectivity index (χ4v) is 2.09. The van der Waals surface area contributed by atoms with Gasteiger partial charge in [-0.3, -0.25) is 0 Å². The van der Waals surface area contributed by atoms with Gasteiger partial charge in [0, 0.05) is 30.7 Å². The lowest BCUT2D eigenvalue weighted by molar-refractivity contribution is 0.561. The second-order valence-corrected chi connectivity index (χ2v) is 5.01. The molecular formula is C14H22N4. The summed E-state index contributed by atoms with van der Waals surface area (Å²) in [5, 5.41) is 3.25. The van der Waals surface area contributed by atoms with E-state index in [0.717, 1.165) is 6.54 Å². The van der Waals surface area contributed by atoms with Gasteiger partial charge in [-0.2, -0.15) is 0 Å². The Kier molecular flexibility index (Phi) is 3.87. The molecule has 2 aromatic rings. The standard InChI is InChI=1S/C14H22N4/c1-11(2)18-10-16-7-14(18)9-17-6-5-13(8-17)12(3)15-4/h5-8,10-12,15H,9H2,1-4H3. The largest absolute Gasteiger partial charge is 0.348 e. The zero-order valence-corrected chi connectivity index (χ0v) is 11.6. The van der Waals surface area contributed by atoms with Crippen molar-refractivity contribution < 1.29 is 0 Å². The average Bonchev–Trinajstić information content (AvgIpc) is 2.97. The lowest BCUT2D eigenvalue weighted by Gasteiger charge is -2.12. The molecule has 1 N–H and O–H groups in total. The van der Waals surface area contributed by atoms with Crippen molar-refractivity contribution in [3.63, 3.8) is 0 Å². The Balaban J connectivity index is 2.14. The summed E-state index contributed by atoms with van der Waals surface area (Å²) in [6, 6.07) is 3.01. The number of hydrogen-bond donors (Lipinski definition) is 1. The molecule has 0 aliphatic carbocycles. The van der Waals surface area contributed by atoms with Crippen molar-refractivity contribution in [3.05, 3.63) is 42.2 Å². The Labute approximate surface area is 109 Å². The van der Waals surface area contributed by atoms with E-state index >= 15 is 0 Å². The predicted molar refractivity (Wildman–Crippen MR) is 73.6 cm³/mol. The maximum atomic E-state index is 4.23. The number of imidazole rings is 1. The highest BCUT2D eigenvalue weighted by molar-refractivity contribution is 5.15. The van der Waals surface area contributed by atoms with Crippen LogP contribution in [0.1, 0.15) is 44.1 Å². The van der Waals surface area contributed by atoms with Gasteiger partial charge in [-0.25, -0.2) is 4.98 Å². The molecule has 98 valence electrons. The molecule has 0 saturated carbocycles. The van der Waals surface area contributed by atoms with Crippen LogP contribution in [-0.4, -0.2) is 21.2 Å². The van der Waals surface area contributed by atoms with Crippen LogP contribution in [-0.2, 0) is 6.54 Å². The average molecular weight is 246 g/mol. The normalized spacial score (nSPS) is 13.2. The molecule has 1 atom stereocenters. The number of nitrogens with one attached hydrogen (secondary N) is 1. The molecule has 18 heavy (non-hydrogen) atoms. The molecular weight excluding hydrogens is 224 g/mol. The third kappa shape index (κ3) is 2.64. The molecule has 4 heteroatoms. The first-order valence-corrected chi connectivity index (χ1v) is 6.45. The zero-order valence-electron chi connectivity index (χ0n) is 11.6. The van der Waals surface area contributed by atoms with E-state index in [0.29, 0.717) is 12.1 Å². The molecule has 0 saturated heterocycles. The highest BCUT2D eigenvalue weighted by atomic mass is 15.1. The Bertz CT molecular complexity index is 495. The lowest BCUT2D eigenvalue weighted by Crippen LogP contribution is -2.11. The van der Waals surface area contributed by atoms with Crippen LogP contribution in [0.3, 0.4) is 0 Å². The fraction of sp³-hybridized carbons (Fsp3) is 0.500. The topological polar surface area (TPSA) is 34.8 Å². The number of hydrogen-bond acceptors (Lipinski definition) is 2. The first kappa shape index (κ1) is 12.9. The van der Waals surface area contributed by atoms with E-state index in [4.69, 9.17) is 0 Å². The Hall–Kier alpha value is -1.55. The molecule has 0 radical (unpaired) electrons. The van der Waals surface area contributed by atoms with Gasteiger partial charge in [-0.05, 0) is 39.4 Å². The maximum Gasteiger partial charge on any atom is 0.0951 e. The summed E-state index contributed by atoms with van der Waals surface area (Å²) in [7, 11) is 1.98. The van der Waals surface area contributed by atoms with Crippen LogP contribution in [0, 0.1) is 0 Å². The molecule has 0 aliphatic rings. The second kappa shape index (κ2) is 5.40. The minimum Gasteiger partial charge on any atom is -0.348 e. The van der Waals surface area contributed by atoms with Crippen molar-refractivity contribution in [1.82, 2.24) is 19.4 Å². The van der Waals surface area contributed by atoms with Gasteiger partial charge < -0.3 is 14.5 Å². The summed E-state index contributed by atoms with van der Waals surface area (Å²) in [5.41, 5.74) is 2.55. The van der Waals surface area contributed by atoms with Crippen LogP contribution in [0.2, 0.25) is 0 Å². The molecule has 2 heterocycles. The molecule has 0 amide bonds. The summed E-state index contributed by atoms with van der Waals surface area (Å²) in [6.45, 7) is 7.39. The minimum atomic E-state index is 0.390. The summed E-state index contributed by atoms with van der Waals surface area (Å²) in [5.74, 6) is 0. The molecule has 1 unspecified atom stereocenters. The van der Waals surface area contributed by atoms with Crippen molar-refractivity contribution in [2.24, 2.45) is 0 Å². The predicted octanol–water partition coefficient (Wildman–Crippen LogP) is 2.59. The molecule has 0 spiro atoms. The quantitative estimate of drug-likeness (QED) is 0.880. The van der Waals surface area contributed by atoms with Crippen LogP contribution in [0.25, 0.3) is 0 Å². The molecule has 2 rings (SSSR count). The highest BCUT2D eigenvalue weighted by Gasteiger charge is 2.08. The van der Waals surface area contributed by atoms with Crippen molar-refractivity contribution in [3.8, 4) is 0 Å². The molecule has 0 aliphatic heterocycles. The third-order valence-electron chi connectivity index (χ3n) is 3.35. The van der Waals surface area contributed by atoms with E-state index in [2.05, 4.69) is 58.7 Å². The lowest BCUT2D eigenvalue weighted by atomic mass is 10.2. The summed E-state index contributed by atoms with van der Waals surface area (Å²) < 4.78 is 4.42. The van der Waals surface area contributed by atoms with E-state index in [-0.39, 0.29) is 0 Å². The summed E-state index contributed by atoms with van der Waals surface area (Å²) in [6.07, 6.45) is 8.17. The van der Waals surface area contributed by atoms with E-state index in [1.54, 1.807) is 0 Å². The van der Waals surface area contributed by atoms with Crippen LogP contribution in [0.15, 0.2) is 31.0 Å². The molecule has 0 aromatic carbocycles. The van der Waals surface area contributed by atoms with E-state index in [1.165, 1.54) is 11.3 Å². The minimum absolute atomic E-state index is 0.390. The van der Waals surface area contributed by atoms with Gasteiger partial charge in [0.25, 0.3) is 0 Å². The third-order valence-corrected chi connectivity index (χ3v) is 3.35. The molecule has 0 bridgehead atoms. The van der Waals surface area contributed by atoms with Gasteiger partial charge in [-0.1, -0.05) is 0 Å². The Morgan fingerprint density at radius 1 is 1.33 bits per heavy atom. The highest BCUT2D eigenvalue weighted by Crippen LogP contribution is 2.15. The maximum absolute atomic E-state index is 4.23. The van der Waals surface area contributed by atoms with Crippen LogP contribution < -0.4 is 5.32 Å². The van der Waals surface area contributed by atoms with Crippen molar-refractivity contribution in [1.29, 1.82) is 0 Å². The van der Waals surface area contributed by atoms with Gasteiger partial charge in [0.2, 0.25) is 0 Å². The summed E-state index contributed by atoms with van der Waals surface area (Å²) >= 11 is 0. The fourth-order valence-electron chi connectivity index (χ4n) is 2.09. The molecule has 4 nitrogen and oxygen atoms in total.